The highest BCUT2D eigenvalue weighted by Gasteiger charge is 2.05. The van der Waals surface area contributed by atoms with Gasteiger partial charge in [0, 0.05) is 24.0 Å². The highest BCUT2D eigenvalue weighted by atomic mass is 35.5. The molecule has 0 atom stereocenters. The van der Waals surface area contributed by atoms with Crippen molar-refractivity contribution in [3.8, 4) is 5.69 Å². The van der Waals surface area contributed by atoms with E-state index in [2.05, 4.69) is 17.3 Å². The number of halogens is 1. The van der Waals surface area contributed by atoms with Gasteiger partial charge in [-0.1, -0.05) is 18.5 Å². The van der Waals surface area contributed by atoms with Crippen molar-refractivity contribution in [1.29, 1.82) is 0 Å². The maximum atomic E-state index is 6.07. The fraction of sp³-hybridized carbons (Fsp3) is 0.357. The van der Waals surface area contributed by atoms with E-state index >= 15 is 0 Å². The Morgan fingerprint density at radius 1 is 1.42 bits per heavy atom. The normalized spacial score (nSPS) is 10.6. The molecule has 102 valence electrons. The molecule has 0 amide bonds. The zero-order valence-corrected chi connectivity index (χ0v) is 12.5. The van der Waals surface area contributed by atoms with Gasteiger partial charge in [-0.2, -0.15) is 16.9 Å². The number of benzene rings is 1. The van der Waals surface area contributed by atoms with Crippen molar-refractivity contribution in [2.45, 2.75) is 13.3 Å². The van der Waals surface area contributed by atoms with Crippen LogP contribution in [0.4, 0.5) is 5.69 Å². The Morgan fingerprint density at radius 2 is 2.32 bits per heavy atom. The number of hydrogen-bond donors (Lipinski definition) is 1. The summed E-state index contributed by atoms with van der Waals surface area (Å²) in [5, 5.41) is 8.44. The molecule has 0 aliphatic heterocycles. The van der Waals surface area contributed by atoms with Crippen molar-refractivity contribution in [2.24, 2.45) is 0 Å². The van der Waals surface area contributed by atoms with E-state index in [0.29, 0.717) is 0 Å². The first-order valence-corrected chi connectivity index (χ1v) is 7.95. The summed E-state index contributed by atoms with van der Waals surface area (Å²) in [6.45, 7) is 3.13. The Labute approximate surface area is 123 Å². The van der Waals surface area contributed by atoms with Gasteiger partial charge in [-0.15, -0.1) is 0 Å². The lowest BCUT2D eigenvalue weighted by Gasteiger charge is -2.12. The average molecular weight is 296 g/mol. The number of nitrogens with one attached hydrogen (secondary N) is 1. The highest BCUT2D eigenvalue weighted by Crippen LogP contribution is 2.24. The van der Waals surface area contributed by atoms with Gasteiger partial charge in [-0.05, 0) is 42.2 Å². The van der Waals surface area contributed by atoms with E-state index in [1.807, 2.05) is 46.9 Å². The van der Waals surface area contributed by atoms with Crippen LogP contribution in [0.15, 0.2) is 36.7 Å². The summed E-state index contributed by atoms with van der Waals surface area (Å²) in [5.74, 6) is 2.36. The Bertz CT molecular complexity index is 499. The number of thioether (sulfide) groups is 1. The van der Waals surface area contributed by atoms with Gasteiger partial charge >= 0.3 is 0 Å². The molecule has 0 bridgehead atoms. The zero-order valence-electron chi connectivity index (χ0n) is 11.0. The molecule has 19 heavy (non-hydrogen) atoms. The predicted molar refractivity (Wildman–Crippen MR) is 84.7 cm³/mol. The lowest BCUT2D eigenvalue weighted by molar-refractivity contribution is 0.877. The smallest absolute Gasteiger partial charge is 0.0877 e. The summed E-state index contributed by atoms with van der Waals surface area (Å²) in [7, 11) is 0. The third-order valence-electron chi connectivity index (χ3n) is 2.69. The van der Waals surface area contributed by atoms with Crippen LogP contribution in [0.25, 0.3) is 5.69 Å². The van der Waals surface area contributed by atoms with Crippen molar-refractivity contribution < 1.29 is 0 Å². The number of aromatic nitrogens is 2. The number of anilines is 1. The molecule has 0 aliphatic carbocycles. The van der Waals surface area contributed by atoms with Crippen LogP contribution < -0.4 is 5.32 Å². The summed E-state index contributed by atoms with van der Waals surface area (Å²) in [4.78, 5) is 0. The van der Waals surface area contributed by atoms with E-state index in [9.17, 15) is 0 Å². The fourth-order valence-corrected chi connectivity index (χ4v) is 2.61. The van der Waals surface area contributed by atoms with Crippen molar-refractivity contribution in [1.82, 2.24) is 9.78 Å². The molecule has 3 nitrogen and oxygen atoms in total. The third-order valence-corrected chi connectivity index (χ3v) is 3.92. The molecular weight excluding hydrogens is 278 g/mol. The minimum absolute atomic E-state index is 0.737. The predicted octanol–water partition coefficient (Wildman–Crippen LogP) is 4.08. The molecule has 1 N–H and O–H groups in total. The van der Waals surface area contributed by atoms with Gasteiger partial charge in [-0.3, -0.25) is 0 Å². The average Bonchev–Trinajstić information content (AvgIpc) is 2.92. The van der Waals surface area contributed by atoms with Crippen LogP contribution in [-0.4, -0.2) is 27.8 Å². The van der Waals surface area contributed by atoms with Crippen LogP contribution >= 0.6 is 23.4 Å². The van der Waals surface area contributed by atoms with Crippen LogP contribution in [0.1, 0.15) is 13.3 Å². The second-order valence-electron chi connectivity index (χ2n) is 4.09. The maximum Gasteiger partial charge on any atom is 0.0877 e. The van der Waals surface area contributed by atoms with Gasteiger partial charge in [0.05, 0.1) is 11.4 Å². The van der Waals surface area contributed by atoms with E-state index in [0.717, 1.165) is 29.4 Å². The molecule has 1 aromatic carbocycles. The number of hydrogen-bond acceptors (Lipinski definition) is 3. The lowest BCUT2D eigenvalue weighted by Crippen LogP contribution is -2.07. The summed E-state index contributed by atoms with van der Waals surface area (Å²) in [5.41, 5.74) is 2.05. The molecule has 2 rings (SSSR count). The van der Waals surface area contributed by atoms with Crippen molar-refractivity contribution in [2.75, 3.05) is 23.4 Å². The minimum atomic E-state index is 0.737. The van der Waals surface area contributed by atoms with Crippen molar-refractivity contribution >= 4 is 29.1 Å². The fourth-order valence-electron chi connectivity index (χ4n) is 1.80. The first kappa shape index (κ1) is 14.3. The first-order valence-electron chi connectivity index (χ1n) is 6.42. The molecule has 0 fully saturated rings. The number of rotatable bonds is 7. The van der Waals surface area contributed by atoms with Gasteiger partial charge in [0.25, 0.3) is 0 Å². The van der Waals surface area contributed by atoms with Crippen molar-refractivity contribution in [3.63, 3.8) is 0 Å². The molecule has 0 spiro atoms. The Balaban J connectivity index is 2.04. The van der Waals surface area contributed by atoms with Gasteiger partial charge in [-0.25, -0.2) is 4.68 Å². The Hall–Kier alpha value is -1.13. The molecule has 0 saturated carbocycles. The molecule has 1 heterocycles. The van der Waals surface area contributed by atoms with Crippen LogP contribution in [0, 0.1) is 0 Å². The molecule has 5 heteroatoms. The van der Waals surface area contributed by atoms with E-state index in [1.54, 1.807) is 6.20 Å². The van der Waals surface area contributed by atoms with Gasteiger partial charge in [0.15, 0.2) is 0 Å². The van der Waals surface area contributed by atoms with Gasteiger partial charge in [0.1, 0.15) is 0 Å². The van der Waals surface area contributed by atoms with Gasteiger partial charge < -0.3 is 5.32 Å². The number of nitrogens with zero attached hydrogens (tertiary/aromatic N) is 2. The monoisotopic (exact) mass is 295 g/mol. The molecule has 0 radical (unpaired) electrons. The third kappa shape index (κ3) is 4.18. The van der Waals surface area contributed by atoms with E-state index in [4.69, 9.17) is 11.6 Å². The van der Waals surface area contributed by atoms with Crippen LogP contribution in [0.5, 0.6) is 0 Å². The highest BCUT2D eigenvalue weighted by molar-refractivity contribution is 7.99. The molecule has 1 aromatic heterocycles. The van der Waals surface area contributed by atoms with Crippen LogP contribution in [-0.2, 0) is 0 Å². The molecule has 0 unspecified atom stereocenters. The Kier molecular flexibility index (Phi) is 5.61. The van der Waals surface area contributed by atoms with Crippen LogP contribution in [0.2, 0.25) is 5.02 Å². The Morgan fingerprint density at radius 3 is 3.05 bits per heavy atom. The molecule has 2 aromatic rings. The molecule has 0 aliphatic rings. The van der Waals surface area contributed by atoms with Crippen LogP contribution in [0.3, 0.4) is 0 Å². The topological polar surface area (TPSA) is 29.9 Å². The second-order valence-corrected chi connectivity index (χ2v) is 5.92. The van der Waals surface area contributed by atoms with Crippen molar-refractivity contribution in [3.05, 3.63) is 41.7 Å². The SMILES string of the molecule is CCSCCCNc1cc(Cl)ccc1-n1cccn1. The summed E-state index contributed by atoms with van der Waals surface area (Å²) in [6, 6.07) is 7.73. The largest absolute Gasteiger partial charge is 0.383 e. The summed E-state index contributed by atoms with van der Waals surface area (Å²) < 4.78 is 1.85. The molecular formula is C14H18ClN3S. The lowest BCUT2D eigenvalue weighted by atomic mass is 10.2. The quantitative estimate of drug-likeness (QED) is 0.781. The van der Waals surface area contributed by atoms with E-state index < -0.39 is 0 Å². The summed E-state index contributed by atoms with van der Waals surface area (Å²) >= 11 is 8.03. The van der Waals surface area contributed by atoms with E-state index in [-0.39, 0.29) is 0 Å². The second kappa shape index (κ2) is 7.46. The minimum Gasteiger partial charge on any atom is -0.383 e. The maximum absolute atomic E-state index is 6.07. The zero-order chi connectivity index (χ0) is 13.5. The van der Waals surface area contributed by atoms with E-state index in [1.165, 1.54) is 11.5 Å². The van der Waals surface area contributed by atoms with Gasteiger partial charge in [0.2, 0.25) is 0 Å². The standard InChI is InChI=1S/C14H18ClN3S/c1-2-19-10-4-7-16-13-11-12(15)5-6-14(13)18-9-3-8-17-18/h3,5-6,8-9,11,16H,2,4,7,10H2,1H3. The first-order chi connectivity index (χ1) is 9.31. The summed E-state index contributed by atoms with van der Waals surface area (Å²) in [6.07, 6.45) is 4.85. The molecule has 0 saturated heterocycles.